The number of aryl methyl sites for hydroxylation is 2. The van der Waals surface area contributed by atoms with Crippen LogP contribution in [-0.4, -0.2) is 27.2 Å². The molecule has 0 bridgehead atoms. The van der Waals surface area contributed by atoms with Gasteiger partial charge in [0.25, 0.3) is 5.56 Å². The van der Waals surface area contributed by atoms with Gasteiger partial charge in [0.15, 0.2) is 0 Å². The molecule has 0 amide bonds. The Morgan fingerprint density at radius 3 is 2.70 bits per heavy atom. The number of carboxylic acid groups (broad SMARTS) is 1. The summed E-state index contributed by atoms with van der Waals surface area (Å²) < 4.78 is 7.33. The zero-order valence-corrected chi connectivity index (χ0v) is 16.2. The highest BCUT2D eigenvalue weighted by Gasteiger charge is 2.19. The van der Waals surface area contributed by atoms with Gasteiger partial charge in [0.2, 0.25) is 0 Å². The van der Waals surface area contributed by atoms with E-state index >= 15 is 0 Å². The van der Waals surface area contributed by atoms with Crippen molar-refractivity contribution in [2.75, 3.05) is 6.61 Å². The van der Waals surface area contributed by atoms with Crippen molar-refractivity contribution in [1.29, 1.82) is 0 Å². The largest absolute Gasteiger partial charge is 0.494 e. The van der Waals surface area contributed by atoms with Crippen molar-refractivity contribution in [2.45, 2.75) is 39.7 Å². The third kappa shape index (κ3) is 4.19. The first-order valence-corrected chi connectivity index (χ1v) is 9.83. The lowest BCUT2D eigenvalue weighted by molar-refractivity contribution is 0.0699. The molecule has 2 aromatic heterocycles. The summed E-state index contributed by atoms with van der Waals surface area (Å²) in [5.74, 6) is 0.392. The summed E-state index contributed by atoms with van der Waals surface area (Å²) in [5.41, 5.74) is 0.917. The first-order valence-electron chi connectivity index (χ1n) is 8.95. The normalized spacial score (nSPS) is 11.0. The number of carbonyl (C=O) groups is 1. The number of benzene rings is 1. The van der Waals surface area contributed by atoms with Crippen molar-refractivity contribution in [3.8, 4) is 5.75 Å². The molecule has 2 heterocycles. The number of hydrogen-bond acceptors (Lipinski definition) is 5. The molecule has 0 aliphatic heterocycles. The van der Waals surface area contributed by atoms with Crippen LogP contribution in [0.3, 0.4) is 0 Å². The van der Waals surface area contributed by atoms with E-state index in [1.54, 1.807) is 4.57 Å². The molecule has 27 heavy (non-hydrogen) atoms. The van der Waals surface area contributed by atoms with E-state index in [1.807, 2.05) is 38.1 Å². The van der Waals surface area contributed by atoms with Gasteiger partial charge in [-0.25, -0.2) is 9.78 Å². The molecular formula is C20H22N2O4S. The summed E-state index contributed by atoms with van der Waals surface area (Å²) in [6.07, 6.45) is 2.16. The average Bonchev–Trinajstić information content (AvgIpc) is 3.07. The van der Waals surface area contributed by atoms with Crippen molar-refractivity contribution < 1.29 is 14.6 Å². The molecular weight excluding hydrogens is 364 g/mol. The molecule has 6 nitrogen and oxygen atoms in total. The van der Waals surface area contributed by atoms with Gasteiger partial charge in [-0.05, 0) is 31.9 Å². The monoisotopic (exact) mass is 386 g/mol. The summed E-state index contributed by atoms with van der Waals surface area (Å²) in [7, 11) is 0. The van der Waals surface area contributed by atoms with E-state index < -0.39 is 5.97 Å². The van der Waals surface area contributed by atoms with E-state index in [2.05, 4.69) is 4.98 Å². The van der Waals surface area contributed by atoms with Crippen LogP contribution in [0.1, 0.15) is 41.5 Å². The number of aromatic nitrogens is 2. The topological polar surface area (TPSA) is 81.4 Å². The third-order valence-electron chi connectivity index (χ3n) is 4.29. The highest BCUT2D eigenvalue weighted by molar-refractivity contribution is 7.17. The van der Waals surface area contributed by atoms with Crippen LogP contribution in [0, 0.1) is 6.92 Å². The number of rotatable bonds is 8. The number of ether oxygens (including phenoxy) is 1. The van der Waals surface area contributed by atoms with Gasteiger partial charge in [-0.15, -0.1) is 11.3 Å². The lowest BCUT2D eigenvalue weighted by atomic mass is 10.2. The third-order valence-corrected chi connectivity index (χ3v) is 5.16. The number of aromatic carboxylic acids is 1. The second-order valence-corrected chi connectivity index (χ2v) is 7.24. The van der Waals surface area contributed by atoms with Crippen molar-refractivity contribution in [1.82, 2.24) is 9.55 Å². The smallest absolute Gasteiger partial charge is 0.337 e. The standard InChI is InChI=1S/C20H22N2O4S/c1-3-5-16-21-18-17(15(12-27-18)20(24)25)19(23)22(16)10-4-11-26-14-8-6-13(2)7-9-14/h6-9,12H,3-5,10-11H2,1-2H3,(H,24,25). The van der Waals surface area contributed by atoms with Crippen LogP contribution in [0.2, 0.25) is 0 Å². The molecule has 142 valence electrons. The fraction of sp³-hybridized carbons (Fsp3) is 0.350. The lowest BCUT2D eigenvalue weighted by Crippen LogP contribution is -2.26. The Balaban J connectivity index is 1.81. The van der Waals surface area contributed by atoms with Crippen molar-refractivity contribution in [3.05, 3.63) is 57.0 Å². The Bertz CT molecular complexity index is 1010. The zero-order chi connectivity index (χ0) is 19.4. The number of thiophene rings is 1. The minimum atomic E-state index is -1.10. The number of nitrogens with zero attached hydrogens (tertiary/aromatic N) is 2. The van der Waals surface area contributed by atoms with E-state index in [1.165, 1.54) is 22.3 Å². The molecule has 0 saturated heterocycles. The summed E-state index contributed by atoms with van der Waals surface area (Å²) >= 11 is 1.20. The Hall–Kier alpha value is -2.67. The molecule has 7 heteroatoms. The van der Waals surface area contributed by atoms with Crippen LogP contribution in [-0.2, 0) is 13.0 Å². The molecule has 3 aromatic rings. The Morgan fingerprint density at radius 1 is 1.30 bits per heavy atom. The van der Waals surface area contributed by atoms with Crippen molar-refractivity contribution >= 4 is 27.5 Å². The maximum atomic E-state index is 12.9. The van der Waals surface area contributed by atoms with Crippen LogP contribution < -0.4 is 10.3 Å². The van der Waals surface area contributed by atoms with Gasteiger partial charge >= 0.3 is 5.97 Å². The maximum absolute atomic E-state index is 12.9. The molecule has 0 aliphatic rings. The van der Waals surface area contributed by atoms with E-state index in [4.69, 9.17) is 4.74 Å². The first kappa shape index (κ1) is 19.1. The lowest BCUT2D eigenvalue weighted by Gasteiger charge is -2.13. The zero-order valence-electron chi connectivity index (χ0n) is 15.4. The predicted molar refractivity (Wildman–Crippen MR) is 106 cm³/mol. The van der Waals surface area contributed by atoms with Gasteiger partial charge in [-0.2, -0.15) is 0 Å². The molecule has 1 aromatic carbocycles. The second-order valence-electron chi connectivity index (χ2n) is 6.38. The predicted octanol–water partition coefficient (Wildman–Crippen LogP) is 3.89. The summed E-state index contributed by atoms with van der Waals surface area (Å²) in [5, 5.41) is 11.0. The number of fused-ring (bicyclic) bond motifs is 1. The summed E-state index contributed by atoms with van der Waals surface area (Å²) in [6.45, 7) is 4.95. The van der Waals surface area contributed by atoms with Gasteiger partial charge < -0.3 is 9.84 Å². The highest BCUT2D eigenvalue weighted by Crippen LogP contribution is 2.22. The molecule has 0 saturated carbocycles. The number of carboxylic acids is 1. The molecule has 0 radical (unpaired) electrons. The molecule has 0 fully saturated rings. The fourth-order valence-corrected chi connectivity index (χ4v) is 3.84. The van der Waals surface area contributed by atoms with E-state index in [9.17, 15) is 14.7 Å². The average molecular weight is 386 g/mol. The molecule has 0 aliphatic carbocycles. The Kier molecular flexibility index (Phi) is 5.91. The van der Waals surface area contributed by atoms with Crippen LogP contribution in [0.25, 0.3) is 10.2 Å². The van der Waals surface area contributed by atoms with E-state index in [0.29, 0.717) is 36.6 Å². The van der Waals surface area contributed by atoms with E-state index in [0.717, 1.165) is 12.2 Å². The summed E-state index contributed by atoms with van der Waals surface area (Å²) in [4.78, 5) is 29.4. The molecule has 0 spiro atoms. The van der Waals surface area contributed by atoms with Gasteiger partial charge in [0.1, 0.15) is 16.4 Å². The second kappa shape index (κ2) is 8.35. The first-order chi connectivity index (χ1) is 13.0. The minimum Gasteiger partial charge on any atom is -0.494 e. The quantitative estimate of drug-likeness (QED) is 0.594. The van der Waals surface area contributed by atoms with Crippen molar-refractivity contribution in [2.24, 2.45) is 0 Å². The van der Waals surface area contributed by atoms with E-state index in [-0.39, 0.29) is 16.5 Å². The summed E-state index contributed by atoms with van der Waals surface area (Å²) in [6, 6.07) is 7.81. The van der Waals surface area contributed by atoms with Crippen LogP contribution >= 0.6 is 11.3 Å². The van der Waals surface area contributed by atoms with Crippen LogP contribution in [0.5, 0.6) is 5.75 Å². The molecule has 3 rings (SSSR count). The minimum absolute atomic E-state index is 0.0280. The Morgan fingerprint density at radius 2 is 2.04 bits per heavy atom. The van der Waals surface area contributed by atoms with Crippen molar-refractivity contribution in [3.63, 3.8) is 0 Å². The number of hydrogen-bond donors (Lipinski definition) is 1. The SMILES string of the molecule is CCCc1nc2scc(C(=O)O)c2c(=O)n1CCCOc1ccc(C)cc1. The molecule has 0 atom stereocenters. The van der Waals surface area contributed by atoms with Gasteiger partial charge in [0.05, 0.1) is 17.6 Å². The van der Waals surface area contributed by atoms with Gasteiger partial charge in [-0.1, -0.05) is 24.6 Å². The van der Waals surface area contributed by atoms with Crippen LogP contribution in [0.15, 0.2) is 34.4 Å². The Labute approximate surface area is 161 Å². The maximum Gasteiger partial charge on any atom is 0.337 e. The highest BCUT2D eigenvalue weighted by atomic mass is 32.1. The van der Waals surface area contributed by atoms with Gasteiger partial charge in [-0.3, -0.25) is 9.36 Å². The molecule has 0 unspecified atom stereocenters. The molecule has 1 N–H and O–H groups in total. The van der Waals surface area contributed by atoms with Gasteiger partial charge in [0, 0.05) is 18.3 Å². The van der Waals surface area contributed by atoms with Crippen LogP contribution in [0.4, 0.5) is 0 Å². The fourth-order valence-electron chi connectivity index (χ4n) is 2.92.